The van der Waals surface area contributed by atoms with Gasteiger partial charge >= 0.3 is 6.29 Å². The summed E-state index contributed by atoms with van der Waals surface area (Å²) >= 11 is 0. The van der Waals surface area contributed by atoms with E-state index in [0.29, 0.717) is 48.4 Å². The Morgan fingerprint density at radius 2 is 1.91 bits per heavy atom. The van der Waals surface area contributed by atoms with Crippen LogP contribution < -0.4 is 20.3 Å². The van der Waals surface area contributed by atoms with Gasteiger partial charge < -0.3 is 24.5 Å². The predicted molar refractivity (Wildman–Crippen MR) is 123 cm³/mol. The highest BCUT2D eigenvalue weighted by Crippen LogP contribution is 2.52. The van der Waals surface area contributed by atoms with Crippen LogP contribution in [0, 0.1) is 6.92 Å². The van der Waals surface area contributed by atoms with E-state index in [4.69, 9.17) is 5.11 Å². The molecule has 2 N–H and O–H groups in total. The number of ether oxygens (including phenoxy) is 2. The van der Waals surface area contributed by atoms with Crippen LogP contribution in [0.2, 0.25) is 0 Å². The average Bonchev–Trinajstić information content (AvgIpc) is 3.57. The molecule has 1 saturated carbocycles. The van der Waals surface area contributed by atoms with Gasteiger partial charge in [0.1, 0.15) is 5.82 Å². The van der Waals surface area contributed by atoms with Crippen LogP contribution in [0.15, 0.2) is 53.5 Å². The van der Waals surface area contributed by atoms with Crippen molar-refractivity contribution in [1.29, 1.82) is 0 Å². The van der Waals surface area contributed by atoms with Crippen molar-refractivity contribution in [2.24, 2.45) is 0 Å². The first-order valence-electron chi connectivity index (χ1n) is 11.2. The largest absolute Gasteiger partial charge is 0.586 e. The number of carbonyl (C=O) groups excluding carboxylic acids is 1. The lowest BCUT2D eigenvalue weighted by atomic mass is 9.94. The normalized spacial score (nSPS) is 16.7. The molecule has 0 unspecified atom stereocenters. The SMILES string of the molecule is Cc1ccc(NC(=O)C2(c3ccc4c(c3)OC(F)(F)O4)CC2)nc1-c1ccc(=O)n(CCCO)c1. The molecular weight excluding hydrogens is 460 g/mol. The average molecular weight is 483 g/mol. The van der Waals surface area contributed by atoms with E-state index in [9.17, 15) is 18.4 Å². The van der Waals surface area contributed by atoms with Crippen LogP contribution in [0.5, 0.6) is 11.5 Å². The molecule has 1 aromatic carbocycles. The summed E-state index contributed by atoms with van der Waals surface area (Å²) in [4.78, 5) is 29.9. The van der Waals surface area contributed by atoms with Crippen molar-refractivity contribution >= 4 is 11.7 Å². The molecule has 1 aliphatic heterocycles. The number of aromatic nitrogens is 2. The Morgan fingerprint density at radius 3 is 2.66 bits per heavy atom. The molecule has 0 spiro atoms. The molecule has 0 bridgehead atoms. The molecule has 2 aliphatic rings. The van der Waals surface area contributed by atoms with E-state index in [1.807, 2.05) is 13.0 Å². The van der Waals surface area contributed by atoms with Crippen molar-refractivity contribution in [3.05, 3.63) is 70.1 Å². The highest BCUT2D eigenvalue weighted by atomic mass is 19.3. The number of hydrogen-bond acceptors (Lipinski definition) is 6. The number of aliphatic hydroxyl groups excluding tert-OH is 1. The molecule has 5 rings (SSSR count). The second kappa shape index (κ2) is 8.46. The first kappa shape index (κ1) is 23.0. The van der Waals surface area contributed by atoms with E-state index in [1.54, 1.807) is 24.4 Å². The van der Waals surface area contributed by atoms with Crippen LogP contribution in [0.4, 0.5) is 14.6 Å². The molecule has 0 radical (unpaired) electrons. The standard InChI is InChI=1S/C25H23F2N3O5/c1-15-3-7-20(28-22(15)16-4-8-21(32)30(14-16)11-2-12-31)29-23(33)24(9-10-24)17-5-6-18-19(13-17)35-25(26,27)34-18/h3-8,13-14,31H,2,9-12H2,1H3,(H,28,29,33). The monoisotopic (exact) mass is 483 g/mol. The van der Waals surface area contributed by atoms with E-state index in [0.717, 1.165) is 5.56 Å². The summed E-state index contributed by atoms with van der Waals surface area (Å²) < 4.78 is 37.3. The van der Waals surface area contributed by atoms with E-state index >= 15 is 0 Å². The molecule has 3 heterocycles. The lowest BCUT2D eigenvalue weighted by Gasteiger charge is -2.17. The Morgan fingerprint density at radius 1 is 1.14 bits per heavy atom. The fraction of sp³-hybridized carbons (Fsp3) is 0.320. The highest BCUT2D eigenvalue weighted by molar-refractivity contribution is 6.01. The van der Waals surface area contributed by atoms with Crippen molar-refractivity contribution in [1.82, 2.24) is 9.55 Å². The van der Waals surface area contributed by atoms with Gasteiger partial charge in [0.2, 0.25) is 5.91 Å². The van der Waals surface area contributed by atoms with Gasteiger partial charge in [-0.1, -0.05) is 12.1 Å². The van der Waals surface area contributed by atoms with Gasteiger partial charge in [-0.3, -0.25) is 9.59 Å². The molecule has 0 saturated heterocycles. The summed E-state index contributed by atoms with van der Waals surface area (Å²) in [5.74, 6) is -0.126. The number of fused-ring (bicyclic) bond motifs is 1. The summed E-state index contributed by atoms with van der Waals surface area (Å²) in [7, 11) is 0. The zero-order chi connectivity index (χ0) is 24.8. The summed E-state index contributed by atoms with van der Waals surface area (Å²) in [5, 5.41) is 11.9. The first-order chi connectivity index (χ1) is 16.7. The Labute approximate surface area is 199 Å². The molecule has 182 valence electrons. The summed E-state index contributed by atoms with van der Waals surface area (Å²) in [6.07, 6.45) is -0.468. The van der Waals surface area contributed by atoms with Crippen molar-refractivity contribution in [2.75, 3.05) is 11.9 Å². The van der Waals surface area contributed by atoms with Gasteiger partial charge in [-0.2, -0.15) is 0 Å². The number of halogens is 2. The minimum absolute atomic E-state index is 0.0248. The molecular formula is C25H23F2N3O5. The third kappa shape index (κ3) is 4.37. The number of carbonyl (C=O) groups is 1. The third-order valence-electron chi connectivity index (χ3n) is 6.29. The van der Waals surface area contributed by atoms with Gasteiger partial charge in [0.15, 0.2) is 11.5 Å². The van der Waals surface area contributed by atoms with Crippen molar-refractivity contribution in [3.63, 3.8) is 0 Å². The number of alkyl halides is 2. The van der Waals surface area contributed by atoms with E-state index < -0.39 is 11.7 Å². The highest BCUT2D eigenvalue weighted by Gasteiger charge is 2.53. The zero-order valence-corrected chi connectivity index (χ0v) is 18.9. The van der Waals surface area contributed by atoms with E-state index in [1.165, 1.54) is 22.8 Å². The molecule has 1 fully saturated rings. The van der Waals surface area contributed by atoms with Gasteiger partial charge in [-0.05, 0) is 61.6 Å². The molecule has 1 aliphatic carbocycles. The minimum Gasteiger partial charge on any atom is -0.396 e. The topological polar surface area (TPSA) is 103 Å². The van der Waals surface area contributed by atoms with Gasteiger partial charge in [-0.15, -0.1) is 8.78 Å². The smallest absolute Gasteiger partial charge is 0.396 e. The lowest BCUT2D eigenvalue weighted by molar-refractivity contribution is -0.286. The van der Waals surface area contributed by atoms with Gasteiger partial charge in [0.05, 0.1) is 11.1 Å². The lowest BCUT2D eigenvalue weighted by Crippen LogP contribution is -2.28. The Kier molecular flexibility index (Phi) is 5.55. The quantitative estimate of drug-likeness (QED) is 0.533. The zero-order valence-electron chi connectivity index (χ0n) is 18.9. The molecule has 8 nitrogen and oxygen atoms in total. The number of hydrogen-bond donors (Lipinski definition) is 2. The van der Waals surface area contributed by atoms with E-state index in [-0.39, 0.29) is 29.6 Å². The number of rotatable bonds is 7. The maximum absolute atomic E-state index is 13.4. The number of nitrogens with one attached hydrogen (secondary N) is 1. The second-order valence-electron chi connectivity index (χ2n) is 8.75. The first-order valence-corrected chi connectivity index (χ1v) is 11.2. The number of nitrogens with zero attached hydrogens (tertiary/aromatic N) is 2. The Balaban J connectivity index is 1.39. The predicted octanol–water partition coefficient (Wildman–Crippen LogP) is 3.59. The second-order valence-corrected chi connectivity index (χ2v) is 8.75. The summed E-state index contributed by atoms with van der Waals surface area (Å²) in [6.45, 7) is 2.23. The molecule has 3 aromatic rings. The molecule has 10 heteroatoms. The minimum atomic E-state index is -3.72. The summed E-state index contributed by atoms with van der Waals surface area (Å²) in [5.41, 5.74) is 1.69. The van der Waals surface area contributed by atoms with Crippen LogP contribution in [0.25, 0.3) is 11.3 Å². The van der Waals surface area contributed by atoms with Gasteiger partial charge in [0.25, 0.3) is 5.56 Å². The summed E-state index contributed by atoms with van der Waals surface area (Å²) in [6, 6.07) is 11.0. The van der Waals surface area contributed by atoms with Crippen molar-refractivity contribution < 1.29 is 28.2 Å². The van der Waals surface area contributed by atoms with Crippen molar-refractivity contribution in [3.8, 4) is 22.8 Å². The number of amides is 1. The maximum atomic E-state index is 13.4. The maximum Gasteiger partial charge on any atom is 0.586 e. The van der Waals surface area contributed by atoms with E-state index in [2.05, 4.69) is 19.8 Å². The van der Waals surface area contributed by atoms with Crippen LogP contribution in [-0.2, 0) is 16.8 Å². The van der Waals surface area contributed by atoms with Crippen LogP contribution in [-0.4, -0.2) is 33.5 Å². The Hall–Kier alpha value is -3.79. The number of benzene rings is 1. The number of pyridine rings is 2. The molecule has 35 heavy (non-hydrogen) atoms. The van der Waals surface area contributed by atoms with Crippen LogP contribution in [0.1, 0.15) is 30.4 Å². The van der Waals surface area contributed by atoms with Crippen LogP contribution >= 0.6 is 0 Å². The number of aryl methyl sites for hydroxylation is 2. The Bertz CT molecular complexity index is 1370. The molecule has 1 amide bonds. The fourth-order valence-electron chi connectivity index (χ4n) is 4.23. The number of anilines is 1. The van der Waals surface area contributed by atoms with Crippen LogP contribution in [0.3, 0.4) is 0 Å². The fourth-order valence-corrected chi connectivity index (χ4v) is 4.23. The van der Waals surface area contributed by atoms with Gasteiger partial charge in [-0.25, -0.2) is 4.98 Å². The molecule has 2 aromatic heterocycles. The third-order valence-corrected chi connectivity index (χ3v) is 6.29. The molecule has 0 atom stereocenters. The van der Waals surface area contributed by atoms with Gasteiger partial charge in [0, 0.05) is 31.0 Å². The van der Waals surface area contributed by atoms with Crippen molar-refractivity contribution in [2.45, 2.75) is 44.4 Å². The number of aliphatic hydroxyl groups is 1.